The van der Waals surface area contributed by atoms with E-state index in [2.05, 4.69) is 0 Å². The lowest BCUT2D eigenvalue weighted by Crippen LogP contribution is -2.29. The minimum atomic E-state index is -0.297. The van der Waals surface area contributed by atoms with Gasteiger partial charge in [0.2, 0.25) is 0 Å². The lowest BCUT2D eigenvalue weighted by molar-refractivity contribution is -0.122. The maximum atomic E-state index is 12.8. The van der Waals surface area contributed by atoms with E-state index < -0.39 is 0 Å². The Kier molecular flexibility index (Phi) is 7.76. The Balaban J connectivity index is 1.41. The molecule has 0 spiro atoms. The summed E-state index contributed by atoms with van der Waals surface area (Å²) in [7, 11) is 0. The topological polar surface area (TPSA) is 46.6 Å². The van der Waals surface area contributed by atoms with Gasteiger partial charge in [0.25, 0.3) is 11.1 Å². The maximum absolute atomic E-state index is 12.8. The first kappa shape index (κ1) is 23.4. The molecule has 0 N–H and O–H groups in total. The van der Waals surface area contributed by atoms with E-state index in [0.29, 0.717) is 45.8 Å². The second kappa shape index (κ2) is 10.9. The van der Waals surface area contributed by atoms with Crippen LogP contribution < -0.4 is 4.74 Å². The molecule has 168 valence electrons. The van der Waals surface area contributed by atoms with Crippen LogP contribution in [0.15, 0.2) is 77.7 Å². The van der Waals surface area contributed by atoms with Crippen LogP contribution in [0.3, 0.4) is 0 Å². The van der Waals surface area contributed by atoms with Crippen molar-refractivity contribution in [3.05, 3.63) is 104 Å². The summed E-state index contributed by atoms with van der Waals surface area (Å²) in [5, 5.41) is 0.415. The Morgan fingerprint density at radius 3 is 2.12 bits per heavy atom. The van der Waals surface area contributed by atoms with E-state index in [0.717, 1.165) is 23.7 Å². The molecule has 0 radical (unpaired) electrons. The third-order valence-electron chi connectivity index (χ3n) is 5.11. The van der Waals surface area contributed by atoms with E-state index >= 15 is 0 Å². The van der Waals surface area contributed by atoms with Gasteiger partial charge in [-0.2, -0.15) is 0 Å². The summed E-state index contributed by atoms with van der Waals surface area (Å²) in [5.74, 6) is 0.0862. The van der Waals surface area contributed by atoms with Crippen molar-refractivity contribution >= 4 is 52.2 Å². The van der Waals surface area contributed by atoms with E-state index in [1.807, 2.05) is 60.7 Å². The summed E-state index contributed by atoms with van der Waals surface area (Å²) >= 11 is 13.7. The second-order valence-corrected chi connectivity index (χ2v) is 9.32. The molecule has 1 aliphatic rings. The predicted molar refractivity (Wildman–Crippen MR) is 135 cm³/mol. The highest BCUT2D eigenvalue weighted by atomic mass is 35.5. The van der Waals surface area contributed by atoms with Crippen molar-refractivity contribution in [2.24, 2.45) is 0 Å². The van der Waals surface area contributed by atoms with Crippen molar-refractivity contribution in [2.75, 3.05) is 6.54 Å². The van der Waals surface area contributed by atoms with Crippen LogP contribution in [0.1, 0.15) is 23.1 Å². The van der Waals surface area contributed by atoms with E-state index in [1.54, 1.807) is 18.2 Å². The largest absolute Gasteiger partial charge is 0.486 e. The number of hydrogen-bond donors (Lipinski definition) is 0. The zero-order valence-electron chi connectivity index (χ0n) is 17.7. The average molecular weight is 498 g/mol. The Bertz CT molecular complexity index is 1160. The number of amides is 2. The Labute approximate surface area is 207 Å². The highest BCUT2D eigenvalue weighted by Crippen LogP contribution is 2.37. The molecule has 0 aromatic heterocycles. The molecule has 3 aromatic carbocycles. The molecule has 1 saturated heterocycles. The molecule has 33 heavy (non-hydrogen) atoms. The summed E-state index contributed by atoms with van der Waals surface area (Å²) in [4.78, 5) is 26.8. The fraction of sp³-hybridized carbons (Fsp3) is 0.154. The lowest BCUT2D eigenvalue weighted by atomic mass is 10.1. The first-order chi connectivity index (χ1) is 16.0. The summed E-state index contributed by atoms with van der Waals surface area (Å²) in [6.45, 7) is 0.714. The molecule has 4 nitrogen and oxygen atoms in total. The minimum absolute atomic E-state index is 0.265. The fourth-order valence-electron chi connectivity index (χ4n) is 3.46. The molecule has 0 saturated carbocycles. The number of imide groups is 1. The summed E-state index contributed by atoms with van der Waals surface area (Å²) < 4.78 is 5.80. The number of ether oxygens (including phenoxy) is 1. The van der Waals surface area contributed by atoms with E-state index in [-0.39, 0.29) is 11.1 Å². The van der Waals surface area contributed by atoms with Crippen LogP contribution >= 0.6 is 35.0 Å². The smallest absolute Gasteiger partial charge is 0.293 e. The number of thioether (sulfide) groups is 1. The minimum Gasteiger partial charge on any atom is -0.486 e. The Hall–Kier alpha value is -2.73. The molecule has 4 rings (SSSR count). The van der Waals surface area contributed by atoms with Gasteiger partial charge in [-0.25, -0.2) is 0 Å². The van der Waals surface area contributed by atoms with Crippen molar-refractivity contribution in [1.29, 1.82) is 0 Å². The third kappa shape index (κ3) is 5.99. The fourth-order valence-corrected chi connectivity index (χ4v) is 4.94. The zero-order valence-corrected chi connectivity index (χ0v) is 20.0. The van der Waals surface area contributed by atoms with Gasteiger partial charge in [0.15, 0.2) is 5.75 Å². The summed E-state index contributed by atoms with van der Waals surface area (Å²) in [6, 6.07) is 23.0. The molecular weight excluding hydrogens is 477 g/mol. The quantitative estimate of drug-likeness (QED) is 0.307. The number of rotatable bonds is 8. The average Bonchev–Trinajstić information content (AvgIpc) is 3.07. The number of halogens is 2. The van der Waals surface area contributed by atoms with Crippen LogP contribution in [-0.2, 0) is 17.8 Å². The number of carbonyl (C=O) groups is 2. The standard InChI is InChI=1S/C26H21Cl2NO3S/c27-21-14-20(15-22(28)24(21)32-17-19-10-5-2-6-11-19)16-23-25(30)29(26(31)33-23)13-7-12-18-8-3-1-4-9-18/h1-6,8-11,14-16H,7,12-13,17H2/b23-16+. The van der Waals surface area contributed by atoms with Crippen molar-refractivity contribution in [1.82, 2.24) is 4.90 Å². The van der Waals surface area contributed by atoms with Crippen LogP contribution in [0.4, 0.5) is 4.79 Å². The van der Waals surface area contributed by atoms with Gasteiger partial charge < -0.3 is 4.74 Å². The number of aryl methyl sites for hydroxylation is 1. The van der Waals surface area contributed by atoms with Crippen molar-refractivity contribution in [3.63, 3.8) is 0 Å². The number of carbonyl (C=O) groups excluding carboxylic acids is 2. The molecule has 1 aliphatic heterocycles. The van der Waals surface area contributed by atoms with Crippen LogP contribution in [0.5, 0.6) is 5.75 Å². The Morgan fingerprint density at radius 1 is 0.879 bits per heavy atom. The van der Waals surface area contributed by atoms with Gasteiger partial charge in [0, 0.05) is 6.54 Å². The first-order valence-corrected chi connectivity index (χ1v) is 12.0. The number of benzene rings is 3. The molecule has 0 unspecified atom stereocenters. The van der Waals surface area contributed by atoms with Gasteiger partial charge in [-0.3, -0.25) is 14.5 Å². The SMILES string of the molecule is O=C1S/C(=C/c2cc(Cl)c(OCc3ccccc3)c(Cl)c2)C(=O)N1CCCc1ccccc1. The third-order valence-corrected chi connectivity index (χ3v) is 6.58. The van der Waals surface area contributed by atoms with Gasteiger partial charge in [0.05, 0.1) is 15.0 Å². The van der Waals surface area contributed by atoms with Crippen LogP contribution in [0.2, 0.25) is 10.0 Å². The van der Waals surface area contributed by atoms with Crippen LogP contribution in [0, 0.1) is 0 Å². The van der Waals surface area contributed by atoms with Crippen LogP contribution in [0.25, 0.3) is 6.08 Å². The lowest BCUT2D eigenvalue weighted by Gasteiger charge is -2.12. The molecule has 1 fully saturated rings. The number of nitrogens with zero attached hydrogens (tertiary/aromatic N) is 1. The molecule has 0 aliphatic carbocycles. The van der Waals surface area contributed by atoms with Crippen molar-refractivity contribution in [3.8, 4) is 5.75 Å². The van der Waals surface area contributed by atoms with Crippen molar-refractivity contribution < 1.29 is 14.3 Å². The van der Waals surface area contributed by atoms with E-state index in [9.17, 15) is 9.59 Å². The van der Waals surface area contributed by atoms with Gasteiger partial charge in [0.1, 0.15) is 6.61 Å². The van der Waals surface area contributed by atoms with Gasteiger partial charge in [-0.05, 0) is 59.5 Å². The maximum Gasteiger partial charge on any atom is 0.293 e. The van der Waals surface area contributed by atoms with Gasteiger partial charge in [-0.1, -0.05) is 83.9 Å². The molecule has 7 heteroatoms. The second-order valence-electron chi connectivity index (χ2n) is 7.51. The van der Waals surface area contributed by atoms with E-state index in [1.165, 1.54) is 10.5 Å². The zero-order chi connectivity index (χ0) is 23.2. The van der Waals surface area contributed by atoms with Crippen LogP contribution in [-0.4, -0.2) is 22.6 Å². The highest BCUT2D eigenvalue weighted by Gasteiger charge is 2.34. The van der Waals surface area contributed by atoms with E-state index in [4.69, 9.17) is 27.9 Å². The van der Waals surface area contributed by atoms with Gasteiger partial charge >= 0.3 is 0 Å². The molecule has 0 bridgehead atoms. The predicted octanol–water partition coefficient (Wildman–Crippen LogP) is 7.24. The molecule has 0 atom stereocenters. The first-order valence-electron chi connectivity index (χ1n) is 10.5. The monoisotopic (exact) mass is 497 g/mol. The summed E-state index contributed by atoms with van der Waals surface area (Å²) in [5.41, 5.74) is 2.81. The molecule has 2 amide bonds. The highest BCUT2D eigenvalue weighted by molar-refractivity contribution is 8.18. The van der Waals surface area contributed by atoms with Crippen molar-refractivity contribution in [2.45, 2.75) is 19.4 Å². The molecular formula is C26H21Cl2NO3S. The Morgan fingerprint density at radius 2 is 1.48 bits per heavy atom. The molecule has 1 heterocycles. The van der Waals surface area contributed by atoms with Gasteiger partial charge in [-0.15, -0.1) is 0 Å². The summed E-state index contributed by atoms with van der Waals surface area (Å²) in [6.07, 6.45) is 3.15. The normalized spacial score (nSPS) is 14.8. The number of hydrogen-bond acceptors (Lipinski definition) is 4. The molecule has 3 aromatic rings.